The number of thiophene rings is 2. The number of rotatable bonds is 6. The van der Waals surface area contributed by atoms with Gasteiger partial charge in [0.25, 0.3) is 0 Å². The van der Waals surface area contributed by atoms with Crippen LogP contribution >= 0.6 is 22.7 Å². The van der Waals surface area contributed by atoms with Gasteiger partial charge in [-0.2, -0.15) is 4.98 Å². The maximum absolute atomic E-state index is 4.60. The highest BCUT2D eigenvalue weighted by molar-refractivity contribution is 7.18. The van der Waals surface area contributed by atoms with Crippen molar-refractivity contribution in [2.75, 3.05) is 23.7 Å². The van der Waals surface area contributed by atoms with Crippen LogP contribution in [0.25, 0.3) is 10.2 Å². The number of hydrogen-bond donors (Lipinski definition) is 2. The molecule has 3 rings (SSSR count). The molecule has 0 aromatic carbocycles. The minimum atomic E-state index is 0.700. The molecule has 2 N–H and O–H groups in total. The lowest BCUT2D eigenvalue weighted by Crippen LogP contribution is -2.09. The smallest absolute Gasteiger partial charge is 0.226 e. The Morgan fingerprint density at radius 2 is 2.14 bits per heavy atom. The molecule has 0 bridgehead atoms. The fourth-order valence-electron chi connectivity index (χ4n) is 2.17. The minimum Gasteiger partial charge on any atom is -0.369 e. The number of aryl methyl sites for hydroxylation is 1. The third kappa shape index (κ3) is 3.33. The van der Waals surface area contributed by atoms with E-state index in [2.05, 4.69) is 58.0 Å². The van der Waals surface area contributed by atoms with Crippen LogP contribution in [0.3, 0.4) is 0 Å². The first-order valence-electron chi connectivity index (χ1n) is 7.04. The topological polar surface area (TPSA) is 49.8 Å². The number of nitrogens with one attached hydrogen (secondary N) is 2. The molecule has 21 heavy (non-hydrogen) atoms. The summed E-state index contributed by atoms with van der Waals surface area (Å²) in [6.07, 6.45) is 1.02. The van der Waals surface area contributed by atoms with E-state index in [1.807, 2.05) is 0 Å². The molecule has 0 unspecified atom stereocenters. The number of aromatic nitrogens is 2. The quantitative estimate of drug-likeness (QED) is 0.717. The van der Waals surface area contributed by atoms with Crippen molar-refractivity contribution in [3.8, 4) is 0 Å². The van der Waals surface area contributed by atoms with Crippen molar-refractivity contribution in [2.24, 2.45) is 0 Å². The van der Waals surface area contributed by atoms with Crippen LogP contribution in [-0.2, 0) is 6.42 Å². The lowest BCUT2D eigenvalue weighted by Gasteiger charge is -2.08. The molecule has 0 aliphatic carbocycles. The summed E-state index contributed by atoms with van der Waals surface area (Å²) < 4.78 is 0. The summed E-state index contributed by atoms with van der Waals surface area (Å²) >= 11 is 3.50. The van der Waals surface area contributed by atoms with Crippen LogP contribution in [0.2, 0.25) is 0 Å². The molecular formula is C15H18N4S2. The summed E-state index contributed by atoms with van der Waals surface area (Å²) in [7, 11) is 0. The van der Waals surface area contributed by atoms with Gasteiger partial charge in [0.05, 0.1) is 5.39 Å². The number of anilines is 2. The summed E-state index contributed by atoms with van der Waals surface area (Å²) in [4.78, 5) is 12.8. The van der Waals surface area contributed by atoms with E-state index < -0.39 is 0 Å². The van der Waals surface area contributed by atoms with Gasteiger partial charge in [0, 0.05) is 22.8 Å². The highest BCUT2D eigenvalue weighted by Crippen LogP contribution is 2.29. The van der Waals surface area contributed by atoms with Crippen LogP contribution in [0.4, 0.5) is 11.8 Å². The molecule has 0 aliphatic heterocycles. The van der Waals surface area contributed by atoms with Gasteiger partial charge in [-0.25, -0.2) is 4.98 Å². The fourth-order valence-corrected chi connectivity index (χ4v) is 3.76. The Kier molecular flexibility index (Phi) is 4.36. The second-order valence-electron chi connectivity index (χ2n) is 4.76. The average molecular weight is 318 g/mol. The van der Waals surface area contributed by atoms with Crippen LogP contribution in [0.5, 0.6) is 0 Å². The normalized spacial score (nSPS) is 11.0. The second-order valence-corrected chi connectivity index (χ2v) is 7.03. The molecule has 3 aromatic rings. The third-order valence-corrected chi connectivity index (χ3v) is 4.98. The lowest BCUT2D eigenvalue weighted by molar-refractivity contribution is 1.02. The average Bonchev–Trinajstić information content (AvgIpc) is 3.07. The van der Waals surface area contributed by atoms with Gasteiger partial charge in [-0.05, 0) is 37.8 Å². The van der Waals surface area contributed by atoms with Gasteiger partial charge in [-0.15, -0.1) is 22.7 Å². The van der Waals surface area contributed by atoms with Gasteiger partial charge in [0.1, 0.15) is 10.6 Å². The van der Waals surface area contributed by atoms with E-state index in [1.165, 1.54) is 9.75 Å². The second kappa shape index (κ2) is 6.41. The van der Waals surface area contributed by atoms with Gasteiger partial charge < -0.3 is 10.6 Å². The summed E-state index contributed by atoms with van der Waals surface area (Å²) in [6, 6.07) is 6.42. The molecule has 0 spiro atoms. The Labute approximate surface area is 132 Å². The summed E-state index contributed by atoms with van der Waals surface area (Å²) in [5.74, 6) is 1.63. The molecule has 0 aliphatic rings. The number of hydrogen-bond acceptors (Lipinski definition) is 6. The maximum Gasteiger partial charge on any atom is 0.226 e. The maximum atomic E-state index is 4.60. The summed E-state index contributed by atoms with van der Waals surface area (Å²) in [6.45, 7) is 5.86. The molecule has 6 heteroatoms. The summed E-state index contributed by atoms with van der Waals surface area (Å²) in [5, 5.41) is 9.89. The molecule has 0 fully saturated rings. The van der Waals surface area contributed by atoms with Crippen molar-refractivity contribution in [2.45, 2.75) is 20.3 Å². The highest BCUT2D eigenvalue weighted by Gasteiger charge is 2.10. The van der Waals surface area contributed by atoms with E-state index >= 15 is 0 Å². The zero-order valence-corrected chi connectivity index (χ0v) is 13.8. The van der Waals surface area contributed by atoms with Gasteiger partial charge in [0.2, 0.25) is 5.95 Å². The van der Waals surface area contributed by atoms with Crippen molar-refractivity contribution in [3.63, 3.8) is 0 Å². The van der Waals surface area contributed by atoms with Gasteiger partial charge in [-0.3, -0.25) is 0 Å². The van der Waals surface area contributed by atoms with Gasteiger partial charge in [-0.1, -0.05) is 6.07 Å². The van der Waals surface area contributed by atoms with E-state index in [0.717, 1.165) is 35.5 Å². The molecular weight excluding hydrogens is 300 g/mol. The monoisotopic (exact) mass is 318 g/mol. The zero-order valence-electron chi connectivity index (χ0n) is 12.1. The molecule has 110 valence electrons. The molecule has 3 aromatic heterocycles. The SMILES string of the molecule is CCNc1nc(NCCc2cccs2)c2cc(C)sc2n1. The molecule has 4 nitrogen and oxygen atoms in total. The van der Waals surface area contributed by atoms with Crippen molar-refractivity contribution >= 4 is 44.7 Å². The van der Waals surface area contributed by atoms with Gasteiger partial charge in [0.15, 0.2) is 0 Å². The first-order valence-corrected chi connectivity index (χ1v) is 8.74. The number of fused-ring (bicyclic) bond motifs is 1. The molecule has 0 saturated carbocycles. The van der Waals surface area contributed by atoms with E-state index in [-0.39, 0.29) is 0 Å². The Hall–Kier alpha value is -1.66. The molecule has 0 atom stereocenters. The van der Waals surface area contributed by atoms with Crippen LogP contribution in [0.1, 0.15) is 16.7 Å². The minimum absolute atomic E-state index is 0.700. The standard InChI is InChI=1S/C15H18N4S2/c1-3-16-15-18-13(12-9-10(2)21-14(12)19-15)17-7-6-11-5-4-8-20-11/h4-5,8-9H,3,6-7H2,1-2H3,(H2,16,17,18,19). The Balaban J connectivity index is 1.81. The van der Waals surface area contributed by atoms with E-state index in [4.69, 9.17) is 0 Å². The van der Waals surface area contributed by atoms with Crippen LogP contribution < -0.4 is 10.6 Å². The highest BCUT2D eigenvalue weighted by atomic mass is 32.1. The molecule has 3 heterocycles. The Bertz CT molecular complexity index is 719. The van der Waals surface area contributed by atoms with E-state index in [0.29, 0.717) is 5.95 Å². The van der Waals surface area contributed by atoms with Crippen molar-refractivity contribution in [1.82, 2.24) is 9.97 Å². The molecule has 0 radical (unpaired) electrons. The zero-order chi connectivity index (χ0) is 14.7. The molecule has 0 saturated heterocycles. The van der Waals surface area contributed by atoms with Crippen LogP contribution in [0.15, 0.2) is 23.6 Å². The van der Waals surface area contributed by atoms with Crippen molar-refractivity contribution in [3.05, 3.63) is 33.3 Å². The predicted octanol–water partition coefficient (Wildman–Crippen LogP) is 4.15. The summed E-state index contributed by atoms with van der Waals surface area (Å²) in [5.41, 5.74) is 0. The largest absolute Gasteiger partial charge is 0.369 e. The van der Waals surface area contributed by atoms with E-state index in [9.17, 15) is 0 Å². The lowest BCUT2D eigenvalue weighted by atomic mass is 10.3. The fraction of sp³-hybridized carbons (Fsp3) is 0.333. The number of nitrogens with zero attached hydrogens (tertiary/aromatic N) is 2. The first-order chi connectivity index (χ1) is 10.3. The molecule has 0 amide bonds. The van der Waals surface area contributed by atoms with Crippen LogP contribution in [0, 0.1) is 6.92 Å². The van der Waals surface area contributed by atoms with Crippen molar-refractivity contribution < 1.29 is 0 Å². The Morgan fingerprint density at radius 1 is 1.24 bits per heavy atom. The van der Waals surface area contributed by atoms with Crippen molar-refractivity contribution in [1.29, 1.82) is 0 Å². The third-order valence-electron chi connectivity index (χ3n) is 3.09. The van der Waals surface area contributed by atoms with E-state index in [1.54, 1.807) is 22.7 Å². The van der Waals surface area contributed by atoms with Gasteiger partial charge >= 0.3 is 0 Å². The first kappa shape index (κ1) is 14.3. The Morgan fingerprint density at radius 3 is 2.90 bits per heavy atom. The van der Waals surface area contributed by atoms with Crippen LogP contribution in [-0.4, -0.2) is 23.1 Å². The predicted molar refractivity (Wildman–Crippen MR) is 92.8 cm³/mol.